The van der Waals surface area contributed by atoms with E-state index < -0.39 is 10.0 Å². The minimum Gasteiger partial charge on any atom is -1.00 e. The second kappa shape index (κ2) is 8.45. The maximum absolute atomic E-state index is 11.2. The maximum Gasteiger partial charge on any atom is 0.238 e. The summed E-state index contributed by atoms with van der Waals surface area (Å²) in [4.78, 5) is 0.148. The fraction of sp³-hybridized carbons (Fsp3) is 0.158. The van der Waals surface area contributed by atoms with Gasteiger partial charge in [-0.1, -0.05) is 54.6 Å². The number of halogens is 1. The standard InChI is InChI=1S/C19H20N2O2S.ClH/c20-24(22,23)18-10-8-15(9-11-18)12-13-21-14-17-6-3-5-16-4-1-2-7-19(16)17;/h1-11,21H,12-14H2,(H2,20,22,23);1H/p-1. The van der Waals surface area contributed by atoms with Gasteiger partial charge < -0.3 is 17.7 Å². The number of hydrogen-bond acceptors (Lipinski definition) is 3. The largest absolute Gasteiger partial charge is 1.00 e. The van der Waals surface area contributed by atoms with Crippen LogP contribution in [0, 0.1) is 0 Å². The first-order valence-corrected chi connectivity index (χ1v) is 9.38. The summed E-state index contributed by atoms with van der Waals surface area (Å²) in [6, 6.07) is 21.4. The maximum atomic E-state index is 11.2. The minimum atomic E-state index is -3.62. The van der Waals surface area contributed by atoms with E-state index in [1.165, 1.54) is 16.3 Å². The van der Waals surface area contributed by atoms with E-state index in [0.29, 0.717) is 0 Å². The van der Waals surface area contributed by atoms with E-state index in [1.807, 2.05) is 6.07 Å². The van der Waals surface area contributed by atoms with E-state index in [1.54, 1.807) is 24.3 Å². The molecule has 3 aromatic rings. The Balaban J connectivity index is 0.00000225. The summed E-state index contributed by atoms with van der Waals surface area (Å²) in [5, 5.41) is 11.1. The molecule has 3 N–H and O–H groups in total. The molecule has 4 nitrogen and oxygen atoms in total. The van der Waals surface area contributed by atoms with Gasteiger partial charge in [0.1, 0.15) is 0 Å². The molecule has 3 rings (SSSR count). The zero-order valence-electron chi connectivity index (χ0n) is 13.7. The van der Waals surface area contributed by atoms with Crippen molar-refractivity contribution < 1.29 is 20.8 Å². The molecule has 0 aromatic heterocycles. The van der Waals surface area contributed by atoms with Gasteiger partial charge in [0.25, 0.3) is 0 Å². The molecular formula is C19H20ClN2O2S-. The normalized spacial score (nSPS) is 11.2. The van der Waals surface area contributed by atoms with E-state index in [0.717, 1.165) is 25.1 Å². The summed E-state index contributed by atoms with van der Waals surface area (Å²) in [6.07, 6.45) is 0.829. The summed E-state index contributed by atoms with van der Waals surface area (Å²) < 4.78 is 22.5. The summed E-state index contributed by atoms with van der Waals surface area (Å²) in [7, 11) is -3.62. The summed E-state index contributed by atoms with van der Waals surface area (Å²) in [5.41, 5.74) is 2.35. The van der Waals surface area contributed by atoms with Crippen LogP contribution in [-0.4, -0.2) is 15.0 Å². The van der Waals surface area contributed by atoms with E-state index in [-0.39, 0.29) is 17.3 Å². The Morgan fingerprint density at radius 3 is 2.28 bits per heavy atom. The van der Waals surface area contributed by atoms with Gasteiger partial charge >= 0.3 is 0 Å². The SMILES string of the molecule is NS(=O)(=O)c1ccc(CCNCc2cccc3ccccc23)cc1.[Cl-]. The molecule has 0 unspecified atom stereocenters. The molecule has 0 saturated carbocycles. The molecular weight excluding hydrogens is 356 g/mol. The highest BCUT2D eigenvalue weighted by Gasteiger charge is 2.06. The lowest BCUT2D eigenvalue weighted by Crippen LogP contribution is -3.00. The van der Waals surface area contributed by atoms with Crippen LogP contribution in [0.4, 0.5) is 0 Å². The van der Waals surface area contributed by atoms with Crippen molar-refractivity contribution in [1.29, 1.82) is 0 Å². The summed E-state index contributed by atoms with van der Waals surface area (Å²) in [5.74, 6) is 0. The van der Waals surface area contributed by atoms with Gasteiger partial charge in [0.15, 0.2) is 0 Å². The molecule has 0 heterocycles. The zero-order chi connectivity index (χ0) is 17.0. The van der Waals surface area contributed by atoms with E-state index in [4.69, 9.17) is 5.14 Å². The van der Waals surface area contributed by atoms with Crippen LogP contribution in [0.3, 0.4) is 0 Å². The third kappa shape index (κ3) is 5.03. The highest BCUT2D eigenvalue weighted by atomic mass is 35.5. The van der Waals surface area contributed by atoms with Crippen LogP contribution in [0.2, 0.25) is 0 Å². The number of benzene rings is 3. The first-order valence-electron chi connectivity index (χ1n) is 7.83. The van der Waals surface area contributed by atoms with Crippen molar-refractivity contribution >= 4 is 20.8 Å². The molecule has 25 heavy (non-hydrogen) atoms. The van der Waals surface area contributed by atoms with Crippen molar-refractivity contribution in [2.24, 2.45) is 5.14 Å². The monoisotopic (exact) mass is 375 g/mol. The topological polar surface area (TPSA) is 72.2 Å². The van der Waals surface area contributed by atoms with Crippen molar-refractivity contribution in [2.75, 3.05) is 6.54 Å². The van der Waals surface area contributed by atoms with Crippen molar-refractivity contribution in [1.82, 2.24) is 5.32 Å². The average molecular weight is 376 g/mol. The molecule has 6 heteroatoms. The van der Waals surface area contributed by atoms with Crippen LogP contribution < -0.4 is 22.9 Å². The van der Waals surface area contributed by atoms with Gasteiger partial charge in [-0.2, -0.15) is 0 Å². The molecule has 0 bridgehead atoms. The smallest absolute Gasteiger partial charge is 0.238 e. The quantitative estimate of drug-likeness (QED) is 0.587. The van der Waals surface area contributed by atoms with Crippen LogP contribution in [0.1, 0.15) is 11.1 Å². The molecule has 0 aliphatic rings. The molecule has 0 spiro atoms. The second-order valence-electron chi connectivity index (χ2n) is 5.75. The van der Waals surface area contributed by atoms with Gasteiger partial charge in [0.2, 0.25) is 10.0 Å². The molecule has 0 atom stereocenters. The fourth-order valence-corrected chi connectivity index (χ4v) is 3.26. The van der Waals surface area contributed by atoms with Gasteiger partial charge in [-0.05, 0) is 47.0 Å². The number of sulfonamides is 1. The van der Waals surface area contributed by atoms with E-state index >= 15 is 0 Å². The first-order chi connectivity index (χ1) is 11.5. The molecule has 0 fully saturated rings. The molecule has 0 amide bonds. The van der Waals surface area contributed by atoms with Crippen LogP contribution in [0.25, 0.3) is 10.8 Å². The first kappa shape index (κ1) is 19.4. The molecule has 0 radical (unpaired) electrons. The molecule has 0 aliphatic carbocycles. The Labute approximate surface area is 154 Å². The van der Waals surface area contributed by atoms with Crippen LogP contribution in [-0.2, 0) is 23.0 Å². The van der Waals surface area contributed by atoms with Gasteiger partial charge in [-0.25, -0.2) is 13.6 Å². The van der Waals surface area contributed by atoms with Crippen LogP contribution >= 0.6 is 0 Å². The Morgan fingerprint density at radius 2 is 1.56 bits per heavy atom. The number of nitrogens with one attached hydrogen (secondary N) is 1. The lowest BCUT2D eigenvalue weighted by atomic mass is 10.0. The van der Waals surface area contributed by atoms with Crippen molar-refractivity contribution in [3.63, 3.8) is 0 Å². The number of fused-ring (bicyclic) bond motifs is 1. The Hall–Kier alpha value is -1.92. The van der Waals surface area contributed by atoms with E-state index in [2.05, 4.69) is 41.7 Å². The van der Waals surface area contributed by atoms with E-state index in [9.17, 15) is 8.42 Å². The average Bonchev–Trinajstić information content (AvgIpc) is 2.58. The summed E-state index contributed by atoms with van der Waals surface area (Å²) >= 11 is 0. The van der Waals surface area contributed by atoms with Gasteiger partial charge in [0, 0.05) is 6.54 Å². The lowest BCUT2D eigenvalue weighted by molar-refractivity contribution is -0.00000742. The lowest BCUT2D eigenvalue weighted by Gasteiger charge is -2.09. The van der Waals surface area contributed by atoms with Crippen LogP contribution in [0.5, 0.6) is 0 Å². The summed E-state index contributed by atoms with van der Waals surface area (Å²) in [6.45, 7) is 1.62. The number of primary sulfonamides is 1. The Bertz CT molecular complexity index is 936. The number of nitrogens with two attached hydrogens (primary N) is 1. The Morgan fingerprint density at radius 1 is 0.880 bits per heavy atom. The third-order valence-electron chi connectivity index (χ3n) is 4.04. The van der Waals surface area contributed by atoms with Gasteiger partial charge in [-0.15, -0.1) is 0 Å². The number of hydrogen-bond donors (Lipinski definition) is 2. The predicted molar refractivity (Wildman–Crippen MR) is 97.2 cm³/mol. The molecule has 3 aromatic carbocycles. The fourth-order valence-electron chi connectivity index (χ4n) is 2.75. The molecule has 132 valence electrons. The third-order valence-corrected chi connectivity index (χ3v) is 4.97. The Kier molecular flexibility index (Phi) is 6.56. The molecule has 0 saturated heterocycles. The van der Waals surface area contributed by atoms with Gasteiger partial charge in [-0.3, -0.25) is 0 Å². The number of rotatable bonds is 6. The second-order valence-corrected chi connectivity index (χ2v) is 7.32. The predicted octanol–water partition coefficient (Wildman–Crippen LogP) is -0.177. The zero-order valence-corrected chi connectivity index (χ0v) is 15.2. The highest BCUT2D eigenvalue weighted by Crippen LogP contribution is 2.18. The van der Waals surface area contributed by atoms with Crippen molar-refractivity contribution in [2.45, 2.75) is 17.9 Å². The van der Waals surface area contributed by atoms with Gasteiger partial charge in [0.05, 0.1) is 4.90 Å². The van der Waals surface area contributed by atoms with Crippen LogP contribution in [0.15, 0.2) is 71.6 Å². The van der Waals surface area contributed by atoms with Crippen molar-refractivity contribution in [3.8, 4) is 0 Å². The highest BCUT2D eigenvalue weighted by molar-refractivity contribution is 7.89. The molecule has 0 aliphatic heterocycles. The minimum absolute atomic E-state index is 0. The van der Waals surface area contributed by atoms with Crippen molar-refractivity contribution in [3.05, 3.63) is 77.9 Å².